The van der Waals surface area contributed by atoms with E-state index in [1.165, 1.54) is 11.1 Å². The highest BCUT2D eigenvalue weighted by molar-refractivity contribution is 6.36. The Bertz CT molecular complexity index is 1190. The number of halogens is 2. The van der Waals surface area contributed by atoms with Crippen LogP contribution < -0.4 is 10.9 Å². The molecule has 0 amide bonds. The predicted octanol–water partition coefficient (Wildman–Crippen LogP) is 5.91. The third-order valence-electron chi connectivity index (χ3n) is 5.93. The molecule has 1 heterocycles. The molecule has 1 aliphatic carbocycles. The summed E-state index contributed by atoms with van der Waals surface area (Å²) in [4.78, 5) is 18.6. The van der Waals surface area contributed by atoms with Gasteiger partial charge >= 0.3 is 0 Å². The number of anilines is 1. The summed E-state index contributed by atoms with van der Waals surface area (Å²) in [6.07, 6.45) is 1.38. The SMILES string of the molecule is CCOC1Cc2ccccc2C1Nc1c(CC)nc(-c2ccc(Cl)cc2Cl)n(CC)c1=O. The number of fused-ring (bicyclic) bond motifs is 1. The zero-order valence-electron chi connectivity index (χ0n) is 18.5. The van der Waals surface area contributed by atoms with Crippen molar-refractivity contribution in [1.82, 2.24) is 9.55 Å². The Hall–Kier alpha value is -2.34. The van der Waals surface area contributed by atoms with Crippen LogP contribution in [0, 0.1) is 0 Å². The van der Waals surface area contributed by atoms with Crippen LogP contribution in [0.25, 0.3) is 11.4 Å². The van der Waals surface area contributed by atoms with Crippen molar-refractivity contribution in [2.75, 3.05) is 11.9 Å². The van der Waals surface area contributed by atoms with E-state index in [2.05, 4.69) is 17.4 Å². The predicted molar refractivity (Wildman–Crippen MR) is 131 cm³/mol. The Morgan fingerprint density at radius 3 is 2.62 bits per heavy atom. The second-order valence-corrected chi connectivity index (χ2v) is 8.65. The lowest BCUT2D eigenvalue weighted by molar-refractivity contribution is 0.0574. The first kappa shape index (κ1) is 22.8. The number of ether oxygens (including phenoxy) is 1. The van der Waals surface area contributed by atoms with Crippen LogP contribution in [0.5, 0.6) is 0 Å². The molecule has 1 aliphatic rings. The first-order valence-electron chi connectivity index (χ1n) is 11.0. The molecule has 0 saturated carbocycles. The third kappa shape index (κ3) is 4.17. The van der Waals surface area contributed by atoms with Gasteiger partial charge in [0.05, 0.1) is 22.9 Å². The fourth-order valence-electron chi connectivity index (χ4n) is 4.42. The van der Waals surface area contributed by atoms with E-state index < -0.39 is 0 Å². The van der Waals surface area contributed by atoms with Gasteiger partial charge in [0.1, 0.15) is 11.5 Å². The number of aryl methyl sites for hydroxylation is 1. The van der Waals surface area contributed by atoms with Gasteiger partial charge in [0.25, 0.3) is 5.56 Å². The molecule has 0 radical (unpaired) electrons. The van der Waals surface area contributed by atoms with Crippen LogP contribution in [0.2, 0.25) is 10.0 Å². The van der Waals surface area contributed by atoms with Gasteiger partial charge in [0, 0.05) is 30.2 Å². The monoisotopic (exact) mass is 471 g/mol. The molecule has 1 N–H and O–H groups in total. The Kier molecular flexibility index (Phi) is 6.89. The van der Waals surface area contributed by atoms with Gasteiger partial charge in [-0.2, -0.15) is 0 Å². The molecule has 4 rings (SSSR count). The molecule has 168 valence electrons. The summed E-state index contributed by atoms with van der Waals surface area (Å²) < 4.78 is 7.70. The lowest BCUT2D eigenvalue weighted by Gasteiger charge is -2.25. The number of benzene rings is 2. The maximum atomic E-state index is 13.7. The average molecular weight is 472 g/mol. The smallest absolute Gasteiger partial charge is 0.277 e. The van der Waals surface area contributed by atoms with Gasteiger partial charge in [-0.05, 0) is 49.6 Å². The topological polar surface area (TPSA) is 56.1 Å². The van der Waals surface area contributed by atoms with Crippen LogP contribution >= 0.6 is 23.2 Å². The van der Waals surface area contributed by atoms with E-state index in [9.17, 15) is 4.79 Å². The van der Waals surface area contributed by atoms with Crippen molar-refractivity contribution in [3.63, 3.8) is 0 Å². The summed E-state index contributed by atoms with van der Waals surface area (Å²) in [6.45, 7) is 7.00. The van der Waals surface area contributed by atoms with E-state index >= 15 is 0 Å². The van der Waals surface area contributed by atoms with Crippen LogP contribution in [-0.2, 0) is 24.1 Å². The van der Waals surface area contributed by atoms with Crippen molar-refractivity contribution in [2.24, 2.45) is 0 Å². The molecular weight excluding hydrogens is 445 g/mol. The molecule has 3 aromatic rings. The minimum absolute atomic E-state index is 0.0398. The number of rotatable bonds is 7. The van der Waals surface area contributed by atoms with E-state index in [1.54, 1.807) is 16.7 Å². The van der Waals surface area contributed by atoms with Crippen molar-refractivity contribution in [3.8, 4) is 11.4 Å². The number of hydrogen-bond acceptors (Lipinski definition) is 4. The molecule has 1 aromatic heterocycles. The van der Waals surface area contributed by atoms with E-state index in [4.69, 9.17) is 32.9 Å². The van der Waals surface area contributed by atoms with Crippen LogP contribution in [-0.4, -0.2) is 22.3 Å². The minimum atomic E-state index is -0.111. The highest BCUT2D eigenvalue weighted by Gasteiger charge is 2.34. The highest BCUT2D eigenvalue weighted by Crippen LogP contribution is 2.36. The molecule has 0 saturated heterocycles. The van der Waals surface area contributed by atoms with Gasteiger partial charge in [-0.1, -0.05) is 54.4 Å². The summed E-state index contributed by atoms with van der Waals surface area (Å²) in [5.74, 6) is 0.551. The van der Waals surface area contributed by atoms with Gasteiger partial charge in [0.15, 0.2) is 0 Å². The third-order valence-corrected chi connectivity index (χ3v) is 6.48. The van der Waals surface area contributed by atoms with E-state index in [0.717, 1.165) is 6.42 Å². The first-order chi connectivity index (χ1) is 15.5. The average Bonchev–Trinajstić information content (AvgIpc) is 3.12. The van der Waals surface area contributed by atoms with Crippen molar-refractivity contribution in [3.05, 3.63) is 79.7 Å². The molecule has 0 bridgehead atoms. The van der Waals surface area contributed by atoms with Crippen molar-refractivity contribution in [1.29, 1.82) is 0 Å². The second kappa shape index (κ2) is 9.65. The Morgan fingerprint density at radius 2 is 1.94 bits per heavy atom. The van der Waals surface area contributed by atoms with Crippen LogP contribution in [0.4, 0.5) is 5.69 Å². The van der Waals surface area contributed by atoms with Crippen molar-refractivity contribution >= 4 is 28.9 Å². The summed E-state index contributed by atoms with van der Waals surface area (Å²) in [7, 11) is 0. The number of aromatic nitrogens is 2. The zero-order chi connectivity index (χ0) is 22.8. The quantitative estimate of drug-likeness (QED) is 0.464. The second-order valence-electron chi connectivity index (χ2n) is 7.80. The van der Waals surface area contributed by atoms with E-state index in [0.29, 0.717) is 52.4 Å². The summed E-state index contributed by atoms with van der Waals surface area (Å²) in [5, 5.41) is 4.53. The van der Waals surface area contributed by atoms with Gasteiger partial charge < -0.3 is 10.1 Å². The summed E-state index contributed by atoms with van der Waals surface area (Å²) in [5.41, 5.74) is 4.22. The number of nitrogens with zero attached hydrogens (tertiary/aromatic N) is 2. The first-order valence-corrected chi connectivity index (χ1v) is 11.8. The maximum Gasteiger partial charge on any atom is 0.277 e. The Morgan fingerprint density at radius 1 is 1.16 bits per heavy atom. The molecule has 32 heavy (non-hydrogen) atoms. The molecule has 2 atom stereocenters. The van der Waals surface area contributed by atoms with Gasteiger partial charge in [-0.3, -0.25) is 9.36 Å². The standard InChI is InChI=1S/C25H27Cl2N3O2/c1-4-20-23(29-22-17-10-8-7-9-15(17)13-21(22)32-6-3)25(31)30(5-2)24(28-20)18-12-11-16(26)14-19(18)27/h7-12,14,21-22,29H,4-6,13H2,1-3H3. The summed E-state index contributed by atoms with van der Waals surface area (Å²) in [6, 6.07) is 13.4. The van der Waals surface area contributed by atoms with Crippen LogP contribution in [0.15, 0.2) is 47.3 Å². The number of nitrogens with one attached hydrogen (secondary N) is 1. The lowest BCUT2D eigenvalue weighted by Crippen LogP contribution is -2.32. The van der Waals surface area contributed by atoms with E-state index in [1.807, 2.05) is 39.0 Å². The normalized spacial score (nSPS) is 17.4. The Balaban J connectivity index is 1.82. The van der Waals surface area contributed by atoms with Gasteiger partial charge in [-0.15, -0.1) is 0 Å². The van der Waals surface area contributed by atoms with Crippen molar-refractivity contribution < 1.29 is 4.74 Å². The minimum Gasteiger partial charge on any atom is -0.376 e. The molecule has 0 aliphatic heterocycles. The fraction of sp³-hybridized carbons (Fsp3) is 0.360. The maximum absolute atomic E-state index is 13.7. The van der Waals surface area contributed by atoms with Crippen LogP contribution in [0.3, 0.4) is 0 Å². The molecule has 0 fully saturated rings. The Labute approximate surface area is 198 Å². The molecule has 0 spiro atoms. The highest BCUT2D eigenvalue weighted by atomic mass is 35.5. The van der Waals surface area contributed by atoms with Crippen molar-refractivity contribution in [2.45, 2.75) is 52.3 Å². The van der Waals surface area contributed by atoms with Crippen LogP contribution in [0.1, 0.15) is 43.6 Å². The van der Waals surface area contributed by atoms with Gasteiger partial charge in [-0.25, -0.2) is 4.98 Å². The van der Waals surface area contributed by atoms with E-state index in [-0.39, 0.29) is 17.7 Å². The fourth-order valence-corrected chi connectivity index (χ4v) is 4.92. The lowest BCUT2D eigenvalue weighted by atomic mass is 10.1. The summed E-state index contributed by atoms with van der Waals surface area (Å²) >= 11 is 12.5. The molecule has 2 unspecified atom stereocenters. The van der Waals surface area contributed by atoms with Gasteiger partial charge in [0.2, 0.25) is 0 Å². The molecule has 7 heteroatoms. The largest absolute Gasteiger partial charge is 0.376 e. The molecule has 2 aromatic carbocycles. The molecule has 5 nitrogen and oxygen atoms in total. The zero-order valence-corrected chi connectivity index (χ0v) is 20.0. The molecular formula is C25H27Cl2N3O2. The number of hydrogen-bond donors (Lipinski definition) is 1.